The lowest BCUT2D eigenvalue weighted by atomic mass is 9.91. The highest BCUT2D eigenvalue weighted by Crippen LogP contribution is 2.27. The van der Waals surface area contributed by atoms with Gasteiger partial charge in [-0.1, -0.05) is 31.4 Å². The molecule has 2 N–H and O–H groups in total. The molecular weight excluding hydrogens is 474 g/mol. The molecular formula is C28H45N3O4S. The standard InChI is InChI=1S/C28H45N3O4S/c1-28(2,3)35-27(33)30-25(20-36-19-22-8-6-5-7-9-22)26(32)29-23-14-16-31(17-15-23)18-21-10-12-24(34-4)13-11-21/h10-13,22-23,25H,5-9,14-20H2,1-4H3,(H,29,32)(H,30,33). The average Bonchev–Trinajstić information content (AvgIpc) is 2.84. The Bertz CT molecular complexity index is 813. The van der Waals surface area contributed by atoms with Gasteiger partial charge in [0.15, 0.2) is 0 Å². The topological polar surface area (TPSA) is 79.9 Å². The van der Waals surface area contributed by atoms with E-state index in [9.17, 15) is 9.59 Å². The zero-order chi connectivity index (χ0) is 26.0. The van der Waals surface area contributed by atoms with Crippen molar-refractivity contribution in [1.82, 2.24) is 15.5 Å². The molecule has 2 aliphatic rings. The number of alkyl carbamates (subject to hydrolysis) is 1. The number of rotatable bonds is 10. The van der Waals surface area contributed by atoms with Gasteiger partial charge in [-0.25, -0.2) is 4.79 Å². The summed E-state index contributed by atoms with van der Waals surface area (Å²) in [4.78, 5) is 28.1. The molecule has 1 aliphatic carbocycles. The molecule has 36 heavy (non-hydrogen) atoms. The van der Waals surface area contributed by atoms with E-state index in [1.807, 2.05) is 32.9 Å². The Morgan fingerprint density at radius 2 is 1.72 bits per heavy atom. The molecule has 1 saturated heterocycles. The van der Waals surface area contributed by atoms with E-state index in [1.54, 1.807) is 18.9 Å². The van der Waals surface area contributed by atoms with Crippen molar-refractivity contribution < 1.29 is 19.1 Å². The molecule has 1 aromatic carbocycles. The summed E-state index contributed by atoms with van der Waals surface area (Å²) < 4.78 is 10.7. The van der Waals surface area contributed by atoms with Crippen molar-refractivity contribution in [2.75, 3.05) is 31.7 Å². The van der Waals surface area contributed by atoms with Gasteiger partial charge in [-0.3, -0.25) is 9.69 Å². The molecule has 202 valence electrons. The van der Waals surface area contributed by atoms with Crippen LogP contribution in [0.2, 0.25) is 0 Å². The maximum atomic E-state index is 13.2. The maximum absolute atomic E-state index is 13.2. The highest BCUT2D eigenvalue weighted by molar-refractivity contribution is 7.99. The van der Waals surface area contributed by atoms with Crippen molar-refractivity contribution in [3.63, 3.8) is 0 Å². The van der Waals surface area contributed by atoms with E-state index in [-0.39, 0.29) is 11.9 Å². The van der Waals surface area contributed by atoms with Crippen LogP contribution in [0, 0.1) is 5.92 Å². The normalized spacial score (nSPS) is 18.9. The van der Waals surface area contributed by atoms with Crippen molar-refractivity contribution in [1.29, 1.82) is 0 Å². The maximum Gasteiger partial charge on any atom is 0.408 e. The Morgan fingerprint density at radius 3 is 2.33 bits per heavy atom. The molecule has 2 fully saturated rings. The number of benzene rings is 1. The monoisotopic (exact) mass is 519 g/mol. The average molecular weight is 520 g/mol. The van der Waals surface area contributed by atoms with Gasteiger partial charge in [-0.2, -0.15) is 11.8 Å². The fraction of sp³-hybridized carbons (Fsp3) is 0.714. The lowest BCUT2D eigenvalue weighted by molar-refractivity contribution is -0.123. The molecule has 0 spiro atoms. The third-order valence-electron chi connectivity index (χ3n) is 6.87. The van der Waals surface area contributed by atoms with Crippen LogP contribution in [-0.2, 0) is 16.1 Å². The van der Waals surface area contributed by atoms with Crippen molar-refractivity contribution in [2.45, 2.75) is 89.9 Å². The zero-order valence-electron chi connectivity index (χ0n) is 22.5. The largest absolute Gasteiger partial charge is 0.497 e. The van der Waals surface area contributed by atoms with Gasteiger partial charge >= 0.3 is 6.09 Å². The summed E-state index contributed by atoms with van der Waals surface area (Å²) in [5.74, 6) is 3.10. The summed E-state index contributed by atoms with van der Waals surface area (Å²) in [6, 6.07) is 7.72. The molecule has 1 heterocycles. The van der Waals surface area contributed by atoms with Crippen LogP contribution >= 0.6 is 11.8 Å². The van der Waals surface area contributed by atoms with Gasteiger partial charge in [0, 0.05) is 31.4 Å². The lowest BCUT2D eigenvalue weighted by Crippen LogP contribution is -2.53. The molecule has 1 saturated carbocycles. The summed E-state index contributed by atoms with van der Waals surface area (Å²) in [5, 5.41) is 6.05. The molecule has 0 bridgehead atoms. The first-order valence-corrected chi connectivity index (χ1v) is 14.6. The van der Waals surface area contributed by atoms with Crippen LogP contribution in [0.3, 0.4) is 0 Å². The van der Waals surface area contributed by atoms with Crippen LogP contribution in [0.1, 0.15) is 71.3 Å². The van der Waals surface area contributed by atoms with Gasteiger partial charge < -0.3 is 20.1 Å². The van der Waals surface area contributed by atoms with E-state index in [2.05, 4.69) is 27.7 Å². The van der Waals surface area contributed by atoms with Gasteiger partial charge in [0.25, 0.3) is 0 Å². The van der Waals surface area contributed by atoms with Crippen LogP contribution in [0.25, 0.3) is 0 Å². The second-order valence-electron chi connectivity index (χ2n) is 11.1. The number of piperidine rings is 1. The first-order chi connectivity index (χ1) is 17.2. The molecule has 3 rings (SSSR count). The van der Waals surface area contributed by atoms with Crippen LogP contribution in [0.4, 0.5) is 4.79 Å². The molecule has 1 aromatic rings. The Kier molecular flexibility index (Phi) is 11.2. The number of methoxy groups -OCH3 is 1. The number of nitrogens with one attached hydrogen (secondary N) is 2. The van der Waals surface area contributed by atoms with E-state index in [4.69, 9.17) is 9.47 Å². The predicted molar refractivity (Wildman–Crippen MR) is 146 cm³/mol. The van der Waals surface area contributed by atoms with Crippen LogP contribution in [0.5, 0.6) is 5.75 Å². The fourth-order valence-electron chi connectivity index (χ4n) is 4.87. The highest BCUT2D eigenvalue weighted by atomic mass is 32.2. The minimum atomic E-state index is -0.600. The molecule has 7 nitrogen and oxygen atoms in total. The van der Waals surface area contributed by atoms with E-state index in [1.165, 1.54) is 37.7 Å². The van der Waals surface area contributed by atoms with Crippen LogP contribution in [-0.4, -0.2) is 66.3 Å². The number of nitrogens with zero attached hydrogens (tertiary/aromatic N) is 1. The first-order valence-electron chi connectivity index (χ1n) is 13.4. The quantitative estimate of drug-likeness (QED) is 0.454. The molecule has 8 heteroatoms. The van der Waals surface area contributed by atoms with Gasteiger partial charge in [-0.15, -0.1) is 0 Å². The van der Waals surface area contributed by atoms with Crippen molar-refractivity contribution >= 4 is 23.8 Å². The summed E-state index contributed by atoms with van der Waals surface area (Å²) in [6.45, 7) is 8.25. The summed E-state index contributed by atoms with van der Waals surface area (Å²) in [7, 11) is 1.68. The summed E-state index contributed by atoms with van der Waals surface area (Å²) in [6.07, 6.45) is 7.77. The number of ether oxygens (including phenoxy) is 2. The second kappa shape index (κ2) is 14.1. The molecule has 0 radical (unpaired) electrons. The SMILES string of the molecule is COc1ccc(CN2CCC(NC(=O)C(CSCC3CCCCC3)NC(=O)OC(C)(C)C)CC2)cc1. The number of carbonyl (C=O) groups excluding carboxylic acids is 2. The lowest BCUT2D eigenvalue weighted by Gasteiger charge is -2.33. The van der Waals surface area contributed by atoms with Crippen LogP contribution < -0.4 is 15.4 Å². The van der Waals surface area contributed by atoms with Crippen molar-refractivity contribution in [3.05, 3.63) is 29.8 Å². The number of likely N-dealkylation sites (tertiary alicyclic amines) is 1. The second-order valence-corrected chi connectivity index (χ2v) is 12.2. The summed E-state index contributed by atoms with van der Waals surface area (Å²) in [5.41, 5.74) is 0.659. The minimum Gasteiger partial charge on any atom is -0.497 e. The molecule has 1 atom stereocenters. The number of thioether (sulfide) groups is 1. The molecule has 1 aliphatic heterocycles. The van der Waals surface area contributed by atoms with Gasteiger partial charge in [0.1, 0.15) is 17.4 Å². The third kappa shape index (κ3) is 10.2. The fourth-order valence-corrected chi connectivity index (χ4v) is 6.14. The number of hydrogen-bond donors (Lipinski definition) is 2. The van der Waals surface area contributed by atoms with Crippen molar-refractivity contribution in [2.24, 2.45) is 5.92 Å². The minimum absolute atomic E-state index is 0.106. The van der Waals surface area contributed by atoms with Gasteiger partial charge in [0.2, 0.25) is 5.91 Å². The Balaban J connectivity index is 1.47. The van der Waals surface area contributed by atoms with E-state index in [0.717, 1.165) is 49.9 Å². The van der Waals surface area contributed by atoms with Crippen molar-refractivity contribution in [3.8, 4) is 5.75 Å². The van der Waals surface area contributed by atoms with E-state index >= 15 is 0 Å². The van der Waals surface area contributed by atoms with Gasteiger partial charge in [0.05, 0.1) is 7.11 Å². The summed E-state index contributed by atoms with van der Waals surface area (Å²) >= 11 is 1.77. The highest BCUT2D eigenvalue weighted by Gasteiger charge is 2.28. The zero-order valence-corrected chi connectivity index (χ0v) is 23.3. The molecule has 0 aromatic heterocycles. The predicted octanol–water partition coefficient (Wildman–Crippen LogP) is 4.98. The smallest absolute Gasteiger partial charge is 0.408 e. The number of amides is 2. The third-order valence-corrected chi connectivity index (χ3v) is 8.15. The number of carbonyl (C=O) groups is 2. The molecule has 2 amide bonds. The Hall–Kier alpha value is -1.93. The first kappa shape index (κ1) is 28.6. The Labute approximate surface area is 221 Å². The molecule has 1 unspecified atom stereocenters. The van der Waals surface area contributed by atoms with Crippen LogP contribution in [0.15, 0.2) is 24.3 Å². The number of hydrogen-bond acceptors (Lipinski definition) is 6. The van der Waals surface area contributed by atoms with Gasteiger partial charge in [-0.05, 0) is 75.8 Å². The van der Waals surface area contributed by atoms with E-state index < -0.39 is 17.7 Å². The Morgan fingerprint density at radius 1 is 1.06 bits per heavy atom. The van der Waals surface area contributed by atoms with E-state index in [0.29, 0.717) is 5.75 Å².